The van der Waals surface area contributed by atoms with Crippen LogP contribution < -0.4 is 16.2 Å². The van der Waals surface area contributed by atoms with E-state index >= 15 is 0 Å². The Morgan fingerprint density at radius 3 is 2.81 bits per heavy atom. The number of nitrogens with zero attached hydrogens (tertiary/aromatic N) is 3. The summed E-state index contributed by atoms with van der Waals surface area (Å²) in [6, 6.07) is 5.65. The molecule has 3 rings (SSSR count). The highest BCUT2D eigenvalue weighted by Gasteiger charge is 2.15. The molecule has 0 aliphatic rings. The lowest BCUT2D eigenvalue weighted by molar-refractivity contribution is 0.0965. The summed E-state index contributed by atoms with van der Waals surface area (Å²) in [5.74, 6) is -0.174. The first-order chi connectivity index (χ1) is 13.0. The quantitative estimate of drug-likeness (QED) is 0.691. The molecule has 2 N–H and O–H groups in total. The van der Waals surface area contributed by atoms with Gasteiger partial charge in [-0.3, -0.25) is 9.59 Å². The molecule has 0 spiro atoms. The summed E-state index contributed by atoms with van der Waals surface area (Å²) >= 11 is 0. The first kappa shape index (κ1) is 18.7. The third-order valence-corrected chi connectivity index (χ3v) is 4.55. The molecule has 0 aliphatic carbocycles. The molecule has 3 aromatic rings. The Hall–Kier alpha value is -3.13. The van der Waals surface area contributed by atoms with Gasteiger partial charge in [0.05, 0.1) is 29.6 Å². The van der Waals surface area contributed by atoms with Gasteiger partial charge in [-0.2, -0.15) is 5.10 Å². The maximum Gasteiger partial charge on any atom is 0.271 e. The molecule has 0 saturated heterocycles. The minimum absolute atomic E-state index is 0.170. The van der Waals surface area contributed by atoms with Crippen molar-refractivity contribution in [2.45, 2.75) is 13.5 Å². The van der Waals surface area contributed by atoms with Gasteiger partial charge < -0.3 is 19.9 Å². The van der Waals surface area contributed by atoms with Gasteiger partial charge in [0.15, 0.2) is 0 Å². The number of hydrogen-bond donors (Lipinski definition) is 2. The molecular weight excluding hydrogens is 346 g/mol. The van der Waals surface area contributed by atoms with Crippen molar-refractivity contribution in [1.82, 2.24) is 19.7 Å². The van der Waals surface area contributed by atoms with Crippen LogP contribution in [-0.4, -0.2) is 41.0 Å². The molecule has 0 saturated carbocycles. The van der Waals surface area contributed by atoms with Crippen LogP contribution in [0.15, 0.2) is 35.4 Å². The van der Waals surface area contributed by atoms with Crippen molar-refractivity contribution in [2.24, 2.45) is 7.05 Å². The Bertz CT molecular complexity index is 1050. The number of rotatable bonds is 6. The molecule has 8 nitrogen and oxygen atoms in total. The van der Waals surface area contributed by atoms with Gasteiger partial charge in [0, 0.05) is 50.6 Å². The molecule has 142 valence electrons. The minimum Gasteiger partial charge on any atom is -0.383 e. The van der Waals surface area contributed by atoms with E-state index in [1.54, 1.807) is 40.4 Å². The van der Waals surface area contributed by atoms with Crippen molar-refractivity contribution >= 4 is 28.2 Å². The fourth-order valence-corrected chi connectivity index (χ4v) is 3.01. The average Bonchev–Trinajstić information content (AvgIpc) is 3.08. The van der Waals surface area contributed by atoms with Gasteiger partial charge in [0.25, 0.3) is 11.5 Å². The standard InChI is InChI=1S/C19H23N5O3/c1-12-16(11-21-23(3)19(12)26)22-13-9-15(18(25)20-2)14-5-6-24(7-8-27-4)17(14)10-13/h5-6,9-11,22H,7-8H2,1-4H3,(H,20,25). The highest BCUT2D eigenvalue weighted by molar-refractivity contribution is 6.08. The molecule has 0 fully saturated rings. The smallest absolute Gasteiger partial charge is 0.271 e. The van der Waals surface area contributed by atoms with Crippen molar-refractivity contribution in [2.75, 3.05) is 26.1 Å². The number of hydrogen-bond acceptors (Lipinski definition) is 5. The van der Waals surface area contributed by atoms with Crippen molar-refractivity contribution in [1.29, 1.82) is 0 Å². The Balaban J connectivity index is 2.11. The number of ether oxygens (including phenoxy) is 1. The lowest BCUT2D eigenvalue weighted by Gasteiger charge is -2.13. The number of carbonyl (C=O) groups excluding carboxylic acids is 1. The second-order valence-corrected chi connectivity index (χ2v) is 6.27. The number of anilines is 2. The number of amides is 1. The molecule has 0 aliphatic heterocycles. The van der Waals surface area contributed by atoms with Crippen LogP contribution >= 0.6 is 0 Å². The van der Waals surface area contributed by atoms with E-state index in [0.717, 1.165) is 10.9 Å². The molecule has 1 amide bonds. The SMILES string of the molecule is CNC(=O)c1cc(Nc2cnn(C)c(=O)c2C)cc2c1ccn2CCOC. The average molecular weight is 369 g/mol. The topological polar surface area (TPSA) is 90.2 Å². The summed E-state index contributed by atoms with van der Waals surface area (Å²) in [5.41, 5.74) is 3.17. The van der Waals surface area contributed by atoms with Crippen molar-refractivity contribution in [3.63, 3.8) is 0 Å². The van der Waals surface area contributed by atoms with E-state index in [2.05, 4.69) is 15.7 Å². The third kappa shape index (κ3) is 3.56. The first-order valence-corrected chi connectivity index (χ1v) is 8.60. The number of aryl methyl sites for hydroxylation is 1. The zero-order valence-electron chi connectivity index (χ0n) is 15.9. The molecule has 0 radical (unpaired) electrons. The first-order valence-electron chi connectivity index (χ1n) is 8.60. The lowest BCUT2D eigenvalue weighted by atomic mass is 10.1. The molecule has 1 aromatic carbocycles. The van der Waals surface area contributed by atoms with Crippen LogP contribution in [-0.2, 0) is 18.3 Å². The minimum atomic E-state index is -0.174. The predicted octanol–water partition coefficient (Wildman–Crippen LogP) is 1.79. The normalized spacial score (nSPS) is 11.0. The Morgan fingerprint density at radius 2 is 2.11 bits per heavy atom. The maximum atomic E-state index is 12.4. The molecule has 0 atom stereocenters. The van der Waals surface area contributed by atoms with Crippen LogP contribution in [0.5, 0.6) is 0 Å². The van der Waals surface area contributed by atoms with E-state index < -0.39 is 0 Å². The predicted molar refractivity (Wildman–Crippen MR) is 105 cm³/mol. The van der Waals surface area contributed by atoms with Crippen molar-refractivity contribution in [3.05, 3.63) is 52.1 Å². The summed E-state index contributed by atoms with van der Waals surface area (Å²) in [7, 11) is 4.86. The molecular formula is C19H23N5O3. The number of nitrogens with one attached hydrogen (secondary N) is 2. The highest BCUT2D eigenvalue weighted by atomic mass is 16.5. The summed E-state index contributed by atoms with van der Waals surface area (Å²) in [6.45, 7) is 2.98. The molecule has 0 unspecified atom stereocenters. The Morgan fingerprint density at radius 1 is 1.33 bits per heavy atom. The van der Waals surface area contributed by atoms with Crippen LogP contribution in [0.25, 0.3) is 10.9 Å². The fourth-order valence-electron chi connectivity index (χ4n) is 3.01. The van der Waals surface area contributed by atoms with Gasteiger partial charge in [0.1, 0.15) is 0 Å². The van der Waals surface area contributed by atoms with Crippen LogP contribution in [0.3, 0.4) is 0 Å². The van der Waals surface area contributed by atoms with Crippen molar-refractivity contribution in [3.8, 4) is 0 Å². The van der Waals surface area contributed by atoms with Gasteiger partial charge in [-0.25, -0.2) is 4.68 Å². The van der Waals surface area contributed by atoms with Crippen LogP contribution in [0.2, 0.25) is 0 Å². The highest BCUT2D eigenvalue weighted by Crippen LogP contribution is 2.28. The largest absolute Gasteiger partial charge is 0.383 e. The van der Waals surface area contributed by atoms with Crippen LogP contribution in [0.1, 0.15) is 15.9 Å². The van der Waals surface area contributed by atoms with Crippen molar-refractivity contribution < 1.29 is 9.53 Å². The van der Waals surface area contributed by atoms with Gasteiger partial charge in [0.2, 0.25) is 0 Å². The van der Waals surface area contributed by atoms with E-state index in [9.17, 15) is 9.59 Å². The summed E-state index contributed by atoms with van der Waals surface area (Å²) < 4.78 is 8.49. The van der Waals surface area contributed by atoms with E-state index in [1.807, 2.05) is 22.9 Å². The van der Waals surface area contributed by atoms with E-state index in [4.69, 9.17) is 4.74 Å². The number of benzene rings is 1. The number of methoxy groups -OCH3 is 1. The number of carbonyl (C=O) groups is 1. The number of fused-ring (bicyclic) bond motifs is 1. The van der Waals surface area contributed by atoms with Gasteiger partial charge in [-0.1, -0.05) is 0 Å². The molecule has 2 aromatic heterocycles. The monoisotopic (exact) mass is 369 g/mol. The van der Waals surface area contributed by atoms with Crippen LogP contribution in [0.4, 0.5) is 11.4 Å². The Kier molecular flexibility index (Phi) is 5.27. The zero-order valence-corrected chi connectivity index (χ0v) is 15.9. The fraction of sp³-hybridized carbons (Fsp3) is 0.316. The third-order valence-electron chi connectivity index (χ3n) is 4.55. The van der Waals surface area contributed by atoms with Gasteiger partial charge in [-0.05, 0) is 25.1 Å². The molecule has 2 heterocycles. The molecule has 0 bridgehead atoms. The van der Waals surface area contributed by atoms with E-state index in [1.165, 1.54) is 4.68 Å². The summed E-state index contributed by atoms with van der Waals surface area (Å²) in [4.78, 5) is 24.5. The Labute approximate surface area is 156 Å². The summed E-state index contributed by atoms with van der Waals surface area (Å²) in [5, 5.41) is 10.8. The molecule has 8 heteroatoms. The molecule has 27 heavy (non-hydrogen) atoms. The van der Waals surface area contributed by atoms with E-state index in [0.29, 0.717) is 35.7 Å². The van der Waals surface area contributed by atoms with Gasteiger partial charge in [-0.15, -0.1) is 0 Å². The second-order valence-electron chi connectivity index (χ2n) is 6.27. The second kappa shape index (κ2) is 7.63. The lowest BCUT2D eigenvalue weighted by Crippen LogP contribution is -2.22. The number of aromatic nitrogens is 3. The maximum absolute atomic E-state index is 12.4. The summed E-state index contributed by atoms with van der Waals surface area (Å²) in [6.07, 6.45) is 3.54. The van der Waals surface area contributed by atoms with E-state index in [-0.39, 0.29) is 11.5 Å². The van der Waals surface area contributed by atoms with Crippen LogP contribution in [0, 0.1) is 6.92 Å². The van der Waals surface area contributed by atoms with Gasteiger partial charge >= 0.3 is 0 Å². The zero-order chi connectivity index (χ0) is 19.6.